The second-order valence-electron chi connectivity index (χ2n) is 4.78. The number of hydrogen-bond donors (Lipinski definition) is 0. The van der Waals surface area contributed by atoms with Crippen LogP contribution in [0.25, 0.3) is 6.08 Å². The number of ether oxygens (including phenoxy) is 1. The van der Waals surface area contributed by atoms with Gasteiger partial charge in [-0.2, -0.15) is 0 Å². The molecule has 1 rings (SSSR count). The summed E-state index contributed by atoms with van der Waals surface area (Å²) in [5.41, 5.74) is 1.60. The third kappa shape index (κ3) is 3.54. The predicted molar refractivity (Wildman–Crippen MR) is 66.3 cm³/mol. The minimum absolute atomic E-state index is 0.100. The quantitative estimate of drug-likeness (QED) is 0.710. The summed E-state index contributed by atoms with van der Waals surface area (Å²) in [5.74, 6) is -0.297. The molecular weight excluding hydrogens is 200 g/mol. The summed E-state index contributed by atoms with van der Waals surface area (Å²) in [4.78, 5) is 11.5. The molecule has 0 bridgehead atoms. The zero-order chi connectivity index (χ0) is 12.2. The Labute approximate surface area is 96.9 Å². The first-order valence-corrected chi connectivity index (χ1v) is 5.30. The SMILES string of the molecule is COC(=O)c1ccccc1/C=C/C(C)(C)C. The molecule has 0 aliphatic rings. The summed E-state index contributed by atoms with van der Waals surface area (Å²) < 4.78 is 4.74. The number of rotatable bonds is 2. The van der Waals surface area contributed by atoms with Crippen molar-refractivity contribution < 1.29 is 9.53 Å². The Kier molecular flexibility index (Phi) is 3.88. The normalized spacial score (nSPS) is 11.8. The first-order valence-electron chi connectivity index (χ1n) is 5.30. The van der Waals surface area contributed by atoms with E-state index in [-0.39, 0.29) is 11.4 Å². The lowest BCUT2D eigenvalue weighted by molar-refractivity contribution is 0.0600. The minimum Gasteiger partial charge on any atom is -0.465 e. The van der Waals surface area contributed by atoms with Crippen LogP contribution in [0, 0.1) is 5.41 Å². The molecule has 0 spiro atoms. The van der Waals surface area contributed by atoms with Gasteiger partial charge in [0, 0.05) is 0 Å². The predicted octanol–water partition coefficient (Wildman–Crippen LogP) is 3.53. The maximum absolute atomic E-state index is 11.5. The van der Waals surface area contributed by atoms with E-state index in [0.29, 0.717) is 5.56 Å². The maximum Gasteiger partial charge on any atom is 0.338 e. The number of hydrogen-bond acceptors (Lipinski definition) is 2. The highest BCUT2D eigenvalue weighted by molar-refractivity contribution is 5.93. The van der Waals surface area contributed by atoms with E-state index in [1.165, 1.54) is 7.11 Å². The van der Waals surface area contributed by atoms with Gasteiger partial charge in [-0.25, -0.2) is 4.79 Å². The third-order valence-electron chi connectivity index (χ3n) is 2.13. The second-order valence-corrected chi connectivity index (χ2v) is 4.78. The van der Waals surface area contributed by atoms with Crippen LogP contribution in [-0.2, 0) is 4.74 Å². The lowest BCUT2D eigenvalue weighted by Gasteiger charge is -2.11. The molecule has 0 saturated carbocycles. The number of carbonyl (C=O) groups excluding carboxylic acids is 1. The summed E-state index contributed by atoms with van der Waals surface area (Å²) in [7, 11) is 1.40. The highest BCUT2D eigenvalue weighted by Crippen LogP contribution is 2.19. The maximum atomic E-state index is 11.5. The molecule has 86 valence electrons. The van der Waals surface area contributed by atoms with E-state index in [1.807, 2.05) is 24.3 Å². The van der Waals surface area contributed by atoms with E-state index in [2.05, 4.69) is 26.8 Å². The molecule has 0 aliphatic heterocycles. The molecule has 0 atom stereocenters. The van der Waals surface area contributed by atoms with Crippen LogP contribution in [0.1, 0.15) is 36.7 Å². The van der Waals surface area contributed by atoms with Crippen molar-refractivity contribution >= 4 is 12.0 Å². The van der Waals surface area contributed by atoms with Gasteiger partial charge >= 0.3 is 5.97 Å². The molecule has 2 heteroatoms. The number of benzene rings is 1. The highest BCUT2D eigenvalue weighted by Gasteiger charge is 2.10. The van der Waals surface area contributed by atoms with Gasteiger partial charge in [-0.05, 0) is 17.0 Å². The molecule has 0 aliphatic carbocycles. The average molecular weight is 218 g/mol. The standard InChI is InChI=1S/C14H18O2/c1-14(2,3)10-9-11-7-5-6-8-12(11)13(15)16-4/h5-10H,1-4H3/b10-9+. The molecule has 0 amide bonds. The molecule has 0 unspecified atom stereocenters. The van der Waals surface area contributed by atoms with Crippen LogP contribution >= 0.6 is 0 Å². The first-order chi connectivity index (χ1) is 7.44. The number of carbonyl (C=O) groups is 1. The molecular formula is C14H18O2. The summed E-state index contributed by atoms with van der Waals surface area (Å²) >= 11 is 0. The molecule has 0 fully saturated rings. The van der Waals surface area contributed by atoms with E-state index in [4.69, 9.17) is 4.74 Å². The monoisotopic (exact) mass is 218 g/mol. The Morgan fingerprint density at radius 3 is 2.44 bits per heavy atom. The van der Waals surface area contributed by atoms with Gasteiger partial charge in [0.2, 0.25) is 0 Å². The van der Waals surface area contributed by atoms with Crippen LogP contribution in [0.2, 0.25) is 0 Å². The zero-order valence-electron chi connectivity index (χ0n) is 10.3. The van der Waals surface area contributed by atoms with E-state index in [1.54, 1.807) is 6.07 Å². The summed E-state index contributed by atoms with van der Waals surface area (Å²) in [6, 6.07) is 7.43. The fourth-order valence-corrected chi connectivity index (χ4v) is 1.28. The highest BCUT2D eigenvalue weighted by atomic mass is 16.5. The molecule has 0 aromatic heterocycles. The fourth-order valence-electron chi connectivity index (χ4n) is 1.28. The third-order valence-corrected chi connectivity index (χ3v) is 2.13. The summed E-state index contributed by atoms with van der Waals surface area (Å²) in [5, 5.41) is 0. The Morgan fingerprint density at radius 1 is 1.25 bits per heavy atom. The number of methoxy groups -OCH3 is 1. The lowest BCUT2D eigenvalue weighted by atomic mass is 9.94. The van der Waals surface area contributed by atoms with Crippen LogP contribution in [-0.4, -0.2) is 13.1 Å². The summed E-state index contributed by atoms with van der Waals surface area (Å²) in [6.07, 6.45) is 4.04. The van der Waals surface area contributed by atoms with Gasteiger partial charge in [0.25, 0.3) is 0 Å². The van der Waals surface area contributed by atoms with Crippen molar-refractivity contribution in [2.24, 2.45) is 5.41 Å². The van der Waals surface area contributed by atoms with Crippen LogP contribution in [0.5, 0.6) is 0 Å². The molecule has 0 radical (unpaired) electrons. The molecule has 1 aromatic rings. The first kappa shape index (κ1) is 12.5. The van der Waals surface area contributed by atoms with Gasteiger partial charge < -0.3 is 4.74 Å². The van der Waals surface area contributed by atoms with Gasteiger partial charge in [0.05, 0.1) is 12.7 Å². The molecule has 0 saturated heterocycles. The molecule has 1 aromatic carbocycles. The van der Waals surface area contributed by atoms with Crippen molar-refractivity contribution in [2.45, 2.75) is 20.8 Å². The Hall–Kier alpha value is -1.57. The van der Waals surface area contributed by atoms with Gasteiger partial charge in [0.1, 0.15) is 0 Å². The topological polar surface area (TPSA) is 26.3 Å². The Morgan fingerprint density at radius 2 is 1.88 bits per heavy atom. The second kappa shape index (κ2) is 4.97. The minimum atomic E-state index is -0.297. The van der Waals surface area contributed by atoms with E-state index in [9.17, 15) is 4.79 Å². The average Bonchev–Trinajstić information content (AvgIpc) is 2.25. The largest absolute Gasteiger partial charge is 0.465 e. The van der Waals surface area contributed by atoms with Gasteiger partial charge in [-0.3, -0.25) is 0 Å². The van der Waals surface area contributed by atoms with Crippen molar-refractivity contribution in [3.05, 3.63) is 41.5 Å². The number of allylic oxidation sites excluding steroid dienone is 1. The van der Waals surface area contributed by atoms with Crippen LogP contribution < -0.4 is 0 Å². The van der Waals surface area contributed by atoms with Crippen molar-refractivity contribution in [3.8, 4) is 0 Å². The Bertz CT molecular complexity index is 397. The van der Waals surface area contributed by atoms with Crippen molar-refractivity contribution in [3.63, 3.8) is 0 Å². The van der Waals surface area contributed by atoms with E-state index < -0.39 is 0 Å². The molecule has 0 heterocycles. The van der Waals surface area contributed by atoms with Crippen LogP contribution in [0.4, 0.5) is 0 Å². The van der Waals surface area contributed by atoms with E-state index >= 15 is 0 Å². The zero-order valence-corrected chi connectivity index (χ0v) is 10.3. The Balaban J connectivity index is 3.05. The van der Waals surface area contributed by atoms with Crippen LogP contribution in [0.3, 0.4) is 0 Å². The van der Waals surface area contributed by atoms with Crippen molar-refractivity contribution in [2.75, 3.05) is 7.11 Å². The van der Waals surface area contributed by atoms with Gasteiger partial charge in [0.15, 0.2) is 0 Å². The van der Waals surface area contributed by atoms with Crippen LogP contribution in [0.15, 0.2) is 30.3 Å². The fraction of sp³-hybridized carbons (Fsp3) is 0.357. The molecule has 16 heavy (non-hydrogen) atoms. The van der Waals surface area contributed by atoms with Crippen molar-refractivity contribution in [1.82, 2.24) is 0 Å². The summed E-state index contributed by atoms with van der Waals surface area (Å²) in [6.45, 7) is 6.35. The van der Waals surface area contributed by atoms with Gasteiger partial charge in [-0.15, -0.1) is 0 Å². The van der Waals surface area contributed by atoms with Gasteiger partial charge in [-0.1, -0.05) is 51.1 Å². The number of esters is 1. The smallest absolute Gasteiger partial charge is 0.338 e. The molecule has 0 N–H and O–H groups in total. The lowest BCUT2D eigenvalue weighted by Crippen LogP contribution is -2.04. The molecule has 2 nitrogen and oxygen atoms in total. The van der Waals surface area contributed by atoms with Crippen molar-refractivity contribution in [1.29, 1.82) is 0 Å². The van der Waals surface area contributed by atoms with E-state index in [0.717, 1.165) is 5.56 Å².